The standard InChI is InChI=1S/C11H20O2/c1-5-7-9(8-6-2)10(12)11(3,4)13/h5,7-8,10,12-13H,6H2,1-4H3. The van der Waals surface area contributed by atoms with Crippen molar-refractivity contribution in [2.45, 2.75) is 45.8 Å². The molecule has 2 nitrogen and oxygen atoms in total. The lowest BCUT2D eigenvalue weighted by Gasteiger charge is -2.25. The summed E-state index contributed by atoms with van der Waals surface area (Å²) in [5.74, 6) is 0. The van der Waals surface area contributed by atoms with E-state index < -0.39 is 11.7 Å². The molecule has 0 saturated heterocycles. The SMILES string of the molecule is CC=CC(=CCC)C(O)C(C)(C)O. The molecule has 0 aliphatic rings. The molecule has 13 heavy (non-hydrogen) atoms. The molecule has 0 heterocycles. The maximum absolute atomic E-state index is 9.74. The van der Waals surface area contributed by atoms with E-state index in [4.69, 9.17) is 0 Å². The van der Waals surface area contributed by atoms with Crippen LogP contribution in [0.2, 0.25) is 0 Å². The lowest BCUT2D eigenvalue weighted by Crippen LogP contribution is -2.36. The number of allylic oxidation sites excluding steroid dienone is 2. The zero-order valence-electron chi connectivity index (χ0n) is 8.91. The van der Waals surface area contributed by atoms with E-state index in [1.807, 2.05) is 32.1 Å². The molecule has 76 valence electrons. The van der Waals surface area contributed by atoms with Gasteiger partial charge in [0.1, 0.15) is 6.10 Å². The van der Waals surface area contributed by atoms with Crippen LogP contribution in [0, 0.1) is 0 Å². The molecule has 2 N–H and O–H groups in total. The molecule has 0 aliphatic heterocycles. The van der Waals surface area contributed by atoms with Gasteiger partial charge in [-0.25, -0.2) is 0 Å². The zero-order valence-corrected chi connectivity index (χ0v) is 8.91. The molecule has 0 aromatic heterocycles. The first-order valence-electron chi connectivity index (χ1n) is 4.66. The van der Waals surface area contributed by atoms with Crippen LogP contribution in [0.25, 0.3) is 0 Å². The average molecular weight is 184 g/mol. The highest BCUT2D eigenvalue weighted by molar-refractivity contribution is 5.25. The van der Waals surface area contributed by atoms with Crippen LogP contribution >= 0.6 is 0 Å². The van der Waals surface area contributed by atoms with Gasteiger partial charge >= 0.3 is 0 Å². The van der Waals surface area contributed by atoms with E-state index in [1.54, 1.807) is 13.8 Å². The Labute approximate surface area is 80.6 Å². The number of hydrogen-bond acceptors (Lipinski definition) is 2. The molecule has 0 bridgehead atoms. The van der Waals surface area contributed by atoms with Crippen molar-refractivity contribution >= 4 is 0 Å². The summed E-state index contributed by atoms with van der Waals surface area (Å²) in [6.45, 7) is 7.09. The Morgan fingerprint density at radius 2 is 2.00 bits per heavy atom. The summed E-state index contributed by atoms with van der Waals surface area (Å²) in [5, 5.41) is 19.3. The summed E-state index contributed by atoms with van der Waals surface area (Å²) in [4.78, 5) is 0. The minimum atomic E-state index is -1.08. The topological polar surface area (TPSA) is 40.5 Å². The fourth-order valence-corrected chi connectivity index (χ4v) is 1.11. The smallest absolute Gasteiger partial charge is 0.107 e. The van der Waals surface area contributed by atoms with Crippen LogP contribution in [-0.2, 0) is 0 Å². The van der Waals surface area contributed by atoms with Crippen LogP contribution in [0.15, 0.2) is 23.8 Å². The van der Waals surface area contributed by atoms with Crippen molar-refractivity contribution in [2.24, 2.45) is 0 Å². The highest BCUT2D eigenvalue weighted by Crippen LogP contribution is 2.18. The van der Waals surface area contributed by atoms with Crippen LogP contribution in [0.4, 0.5) is 0 Å². The maximum Gasteiger partial charge on any atom is 0.107 e. The minimum absolute atomic E-state index is 0.775. The Morgan fingerprint density at radius 3 is 2.31 bits per heavy atom. The van der Waals surface area contributed by atoms with Crippen LogP contribution in [-0.4, -0.2) is 21.9 Å². The predicted molar refractivity (Wildman–Crippen MR) is 55.5 cm³/mol. The Morgan fingerprint density at radius 1 is 1.46 bits per heavy atom. The molecular weight excluding hydrogens is 164 g/mol. The number of aliphatic hydroxyl groups excluding tert-OH is 1. The third-order valence-corrected chi connectivity index (χ3v) is 1.78. The molecule has 0 spiro atoms. The van der Waals surface area contributed by atoms with Crippen LogP contribution < -0.4 is 0 Å². The van der Waals surface area contributed by atoms with Gasteiger partial charge < -0.3 is 10.2 Å². The Hall–Kier alpha value is -0.600. The molecule has 1 atom stereocenters. The summed E-state index contributed by atoms with van der Waals surface area (Å²) in [5.41, 5.74) is -0.307. The molecule has 1 unspecified atom stereocenters. The van der Waals surface area contributed by atoms with E-state index in [-0.39, 0.29) is 0 Å². The second-order valence-corrected chi connectivity index (χ2v) is 3.67. The molecule has 0 aromatic rings. The highest BCUT2D eigenvalue weighted by atomic mass is 16.3. The van der Waals surface area contributed by atoms with Gasteiger partial charge in [-0.3, -0.25) is 0 Å². The largest absolute Gasteiger partial charge is 0.387 e. The normalized spacial score (nSPS) is 16.6. The van der Waals surface area contributed by atoms with Gasteiger partial charge in [0.15, 0.2) is 0 Å². The lowest BCUT2D eigenvalue weighted by molar-refractivity contribution is -0.0268. The monoisotopic (exact) mass is 184 g/mol. The van der Waals surface area contributed by atoms with Gasteiger partial charge in [0.05, 0.1) is 5.60 Å². The van der Waals surface area contributed by atoms with Crippen LogP contribution in [0.3, 0.4) is 0 Å². The summed E-state index contributed by atoms with van der Waals surface area (Å²) in [6.07, 6.45) is 5.64. The predicted octanol–water partition coefficient (Wildman–Crippen LogP) is 2.03. The third-order valence-electron chi connectivity index (χ3n) is 1.78. The first kappa shape index (κ1) is 12.4. The van der Waals surface area contributed by atoms with Gasteiger partial charge in [-0.1, -0.05) is 25.2 Å². The lowest BCUT2D eigenvalue weighted by atomic mass is 9.94. The van der Waals surface area contributed by atoms with E-state index in [0.29, 0.717) is 0 Å². The van der Waals surface area contributed by atoms with E-state index >= 15 is 0 Å². The number of hydrogen-bond donors (Lipinski definition) is 2. The Balaban J connectivity index is 4.66. The molecule has 0 amide bonds. The second kappa shape index (κ2) is 5.20. The number of rotatable bonds is 4. The van der Waals surface area contributed by atoms with Crippen molar-refractivity contribution in [2.75, 3.05) is 0 Å². The summed E-state index contributed by atoms with van der Waals surface area (Å²) in [7, 11) is 0. The summed E-state index contributed by atoms with van der Waals surface area (Å²) >= 11 is 0. The Bertz CT molecular complexity index is 197. The van der Waals surface area contributed by atoms with Gasteiger partial charge in [0.25, 0.3) is 0 Å². The maximum atomic E-state index is 9.74. The second-order valence-electron chi connectivity index (χ2n) is 3.67. The minimum Gasteiger partial charge on any atom is -0.387 e. The highest BCUT2D eigenvalue weighted by Gasteiger charge is 2.26. The van der Waals surface area contributed by atoms with E-state index in [1.165, 1.54) is 0 Å². The fraction of sp³-hybridized carbons (Fsp3) is 0.636. The van der Waals surface area contributed by atoms with Crippen molar-refractivity contribution in [3.63, 3.8) is 0 Å². The summed E-state index contributed by atoms with van der Waals surface area (Å²) < 4.78 is 0. The van der Waals surface area contributed by atoms with Crippen molar-refractivity contribution in [1.82, 2.24) is 0 Å². The third kappa shape index (κ3) is 4.25. The van der Waals surface area contributed by atoms with Gasteiger partial charge in [-0.05, 0) is 32.8 Å². The zero-order chi connectivity index (χ0) is 10.5. The number of aliphatic hydroxyl groups is 2. The van der Waals surface area contributed by atoms with E-state index in [2.05, 4.69) is 0 Å². The molecule has 0 radical (unpaired) electrons. The first-order valence-corrected chi connectivity index (χ1v) is 4.66. The van der Waals surface area contributed by atoms with Gasteiger partial charge in [-0.15, -0.1) is 0 Å². The van der Waals surface area contributed by atoms with Gasteiger partial charge in [-0.2, -0.15) is 0 Å². The van der Waals surface area contributed by atoms with Crippen LogP contribution in [0.5, 0.6) is 0 Å². The first-order chi connectivity index (χ1) is 5.93. The van der Waals surface area contributed by atoms with Crippen molar-refractivity contribution in [3.05, 3.63) is 23.8 Å². The average Bonchev–Trinajstić information content (AvgIpc) is 2.01. The molecule has 0 rings (SSSR count). The van der Waals surface area contributed by atoms with Crippen molar-refractivity contribution in [1.29, 1.82) is 0 Å². The fourth-order valence-electron chi connectivity index (χ4n) is 1.11. The molecule has 0 fully saturated rings. The van der Waals surface area contributed by atoms with Gasteiger partial charge in [0, 0.05) is 0 Å². The summed E-state index contributed by atoms with van der Waals surface area (Å²) in [6, 6.07) is 0. The molecule has 0 aromatic carbocycles. The molecular formula is C11H20O2. The molecule has 2 heteroatoms. The van der Waals surface area contributed by atoms with E-state index in [0.717, 1.165) is 12.0 Å². The van der Waals surface area contributed by atoms with Crippen molar-refractivity contribution < 1.29 is 10.2 Å². The van der Waals surface area contributed by atoms with Crippen molar-refractivity contribution in [3.8, 4) is 0 Å². The van der Waals surface area contributed by atoms with E-state index in [9.17, 15) is 10.2 Å². The molecule has 0 saturated carbocycles. The molecule has 0 aliphatic carbocycles. The van der Waals surface area contributed by atoms with Gasteiger partial charge in [0.2, 0.25) is 0 Å². The van der Waals surface area contributed by atoms with Crippen LogP contribution in [0.1, 0.15) is 34.1 Å². The quantitative estimate of drug-likeness (QED) is 0.656. The Kier molecular flexibility index (Phi) is 4.96.